The maximum atomic E-state index is 12.9. The lowest BCUT2D eigenvalue weighted by molar-refractivity contribution is -0.120. The molecule has 8 heteroatoms. The van der Waals surface area contributed by atoms with E-state index in [1.165, 1.54) is 12.1 Å². The van der Waals surface area contributed by atoms with Gasteiger partial charge in [0.2, 0.25) is 0 Å². The maximum Gasteiger partial charge on any atom is 0.340 e. The third-order valence-electron chi connectivity index (χ3n) is 3.78. The summed E-state index contributed by atoms with van der Waals surface area (Å²) in [5.41, 5.74) is 0.816. The Labute approximate surface area is 174 Å². The summed E-state index contributed by atoms with van der Waals surface area (Å²) in [6.45, 7) is 1.85. The molecule has 138 valence electrons. The summed E-state index contributed by atoms with van der Waals surface area (Å²) in [6, 6.07) is 13.5. The van der Waals surface area contributed by atoms with Crippen LogP contribution in [-0.4, -0.2) is 24.4 Å². The van der Waals surface area contributed by atoms with Crippen molar-refractivity contribution in [3.8, 4) is 0 Å². The molecule has 0 saturated carbocycles. The average Bonchev–Trinajstić information content (AvgIpc) is 2.87. The smallest absolute Gasteiger partial charge is 0.340 e. The number of amides is 2. The first kappa shape index (κ1) is 19.4. The van der Waals surface area contributed by atoms with Crippen molar-refractivity contribution in [1.82, 2.24) is 0 Å². The zero-order valence-electron chi connectivity index (χ0n) is 14.2. The van der Waals surface area contributed by atoms with Gasteiger partial charge in [-0.25, -0.2) is 9.69 Å². The molecule has 0 atom stereocenters. The van der Waals surface area contributed by atoms with Crippen molar-refractivity contribution in [2.45, 2.75) is 6.92 Å². The Bertz CT molecular complexity index is 956. The van der Waals surface area contributed by atoms with Crippen LogP contribution in [0.3, 0.4) is 0 Å². The fourth-order valence-electron chi connectivity index (χ4n) is 2.56. The molecular weight excluding hydrogens is 483 g/mol. The fourth-order valence-corrected chi connectivity index (χ4v) is 3.13. The van der Waals surface area contributed by atoms with Crippen LogP contribution in [0.15, 0.2) is 59.3 Å². The van der Waals surface area contributed by atoms with Crippen LogP contribution in [0.2, 0.25) is 0 Å². The normalized spacial score (nSPS) is 14.0. The van der Waals surface area contributed by atoms with Crippen molar-refractivity contribution < 1.29 is 19.1 Å². The number of hydrogen-bond donors (Lipinski definition) is 1. The molecule has 0 saturated heterocycles. The quantitative estimate of drug-likeness (QED) is 0.386. The number of esters is 1. The predicted molar refractivity (Wildman–Crippen MR) is 111 cm³/mol. The highest BCUT2D eigenvalue weighted by atomic mass is 127. The third-order valence-corrected chi connectivity index (χ3v) is 4.85. The first-order valence-corrected chi connectivity index (χ1v) is 9.47. The lowest BCUT2D eigenvalue weighted by Gasteiger charge is -2.18. The van der Waals surface area contributed by atoms with Crippen molar-refractivity contribution in [3.63, 3.8) is 0 Å². The number of benzene rings is 2. The summed E-state index contributed by atoms with van der Waals surface area (Å²) in [4.78, 5) is 38.6. The van der Waals surface area contributed by atoms with Crippen LogP contribution in [0.5, 0.6) is 0 Å². The zero-order valence-corrected chi connectivity index (χ0v) is 17.1. The van der Waals surface area contributed by atoms with Crippen LogP contribution < -0.4 is 10.2 Å². The molecule has 0 bridgehead atoms. The molecule has 0 radical (unpaired) electrons. The minimum Gasteiger partial charge on any atom is -0.462 e. The van der Waals surface area contributed by atoms with E-state index in [2.05, 4.69) is 27.9 Å². The summed E-state index contributed by atoms with van der Waals surface area (Å²) >= 11 is 8.29. The molecule has 27 heavy (non-hydrogen) atoms. The van der Waals surface area contributed by atoms with E-state index in [0.717, 1.165) is 8.47 Å². The van der Waals surface area contributed by atoms with E-state index < -0.39 is 17.8 Å². The fraction of sp³-hybridized carbons (Fsp3) is 0.105. The van der Waals surface area contributed by atoms with Gasteiger partial charge in [-0.15, -0.1) is 0 Å². The summed E-state index contributed by atoms with van der Waals surface area (Å²) in [6.07, 6.45) is 0. The molecule has 2 aromatic rings. The molecular formula is C19H14ClIN2O4. The van der Waals surface area contributed by atoms with Crippen LogP contribution in [0.4, 0.5) is 11.4 Å². The molecule has 1 heterocycles. The standard InChI is InChI=1S/C19H14ClIN2O4/c1-2-27-19(26)13-5-3-4-6-14(13)23-17(24)15(20)16(18(23)25)22-12-9-7-11(21)8-10-12/h3-10,22H,2H2,1H3. The van der Waals surface area contributed by atoms with Crippen LogP contribution in [0.1, 0.15) is 17.3 Å². The van der Waals surface area contributed by atoms with E-state index in [1.807, 2.05) is 12.1 Å². The van der Waals surface area contributed by atoms with Crippen LogP contribution in [0, 0.1) is 3.57 Å². The van der Waals surface area contributed by atoms with Crippen molar-refractivity contribution in [3.05, 3.63) is 68.4 Å². The van der Waals surface area contributed by atoms with Crippen molar-refractivity contribution in [2.75, 3.05) is 16.8 Å². The Morgan fingerprint density at radius 1 is 1.11 bits per heavy atom. The minimum absolute atomic E-state index is 0.0402. The topological polar surface area (TPSA) is 75.7 Å². The van der Waals surface area contributed by atoms with Gasteiger partial charge in [-0.05, 0) is 65.9 Å². The lowest BCUT2D eigenvalue weighted by Crippen LogP contribution is -2.33. The summed E-state index contributed by atoms with van der Waals surface area (Å²) in [7, 11) is 0. The molecule has 0 unspecified atom stereocenters. The number of hydrogen-bond acceptors (Lipinski definition) is 5. The first-order valence-electron chi connectivity index (χ1n) is 8.01. The van der Waals surface area contributed by atoms with Crippen molar-refractivity contribution in [2.24, 2.45) is 0 Å². The Morgan fingerprint density at radius 2 is 1.78 bits per heavy atom. The highest BCUT2D eigenvalue weighted by molar-refractivity contribution is 14.1. The second-order valence-electron chi connectivity index (χ2n) is 5.50. The van der Waals surface area contributed by atoms with Gasteiger partial charge < -0.3 is 10.1 Å². The van der Waals surface area contributed by atoms with Crippen LogP contribution >= 0.6 is 34.2 Å². The molecule has 0 fully saturated rings. The van der Waals surface area contributed by atoms with E-state index in [4.69, 9.17) is 16.3 Å². The van der Waals surface area contributed by atoms with E-state index in [0.29, 0.717) is 5.69 Å². The van der Waals surface area contributed by atoms with Gasteiger partial charge in [0.25, 0.3) is 11.8 Å². The van der Waals surface area contributed by atoms with Gasteiger partial charge >= 0.3 is 5.97 Å². The number of nitrogens with zero attached hydrogens (tertiary/aromatic N) is 1. The second-order valence-corrected chi connectivity index (χ2v) is 7.13. The third kappa shape index (κ3) is 3.84. The number of nitrogens with one attached hydrogen (secondary N) is 1. The van der Waals surface area contributed by atoms with Gasteiger partial charge in [-0.1, -0.05) is 23.7 Å². The van der Waals surface area contributed by atoms with E-state index in [9.17, 15) is 14.4 Å². The molecule has 1 N–H and O–H groups in total. The van der Waals surface area contributed by atoms with Gasteiger partial charge in [-0.2, -0.15) is 0 Å². The number of imide groups is 1. The highest BCUT2D eigenvalue weighted by Gasteiger charge is 2.40. The molecule has 2 aromatic carbocycles. The number of carbonyl (C=O) groups excluding carboxylic acids is 3. The highest BCUT2D eigenvalue weighted by Crippen LogP contribution is 2.32. The Morgan fingerprint density at radius 3 is 2.44 bits per heavy atom. The van der Waals surface area contributed by atoms with Crippen molar-refractivity contribution in [1.29, 1.82) is 0 Å². The van der Waals surface area contributed by atoms with Crippen molar-refractivity contribution >= 4 is 63.4 Å². The summed E-state index contributed by atoms with van der Waals surface area (Å²) in [5.74, 6) is -1.96. The number of carbonyl (C=O) groups is 3. The van der Waals surface area contributed by atoms with Crippen LogP contribution in [0.25, 0.3) is 0 Å². The van der Waals surface area contributed by atoms with E-state index >= 15 is 0 Å². The Balaban J connectivity index is 1.94. The van der Waals surface area contributed by atoms with Gasteiger partial charge in [0.1, 0.15) is 10.7 Å². The molecule has 0 spiro atoms. The molecule has 3 rings (SSSR count). The molecule has 0 aromatic heterocycles. The Hall–Kier alpha value is -2.39. The van der Waals surface area contributed by atoms with Gasteiger partial charge in [0.15, 0.2) is 0 Å². The number of ether oxygens (including phenoxy) is 1. The number of rotatable bonds is 5. The minimum atomic E-state index is -0.702. The number of halogens is 2. The molecule has 1 aliphatic rings. The molecule has 6 nitrogen and oxygen atoms in total. The SMILES string of the molecule is CCOC(=O)c1ccccc1N1C(=O)C(Cl)=C(Nc2ccc(I)cc2)C1=O. The molecule has 0 aliphatic carbocycles. The van der Waals surface area contributed by atoms with Gasteiger partial charge in [-0.3, -0.25) is 9.59 Å². The Kier molecular flexibility index (Phi) is 5.81. The molecule has 1 aliphatic heterocycles. The van der Waals surface area contributed by atoms with Gasteiger partial charge in [0, 0.05) is 9.26 Å². The number of para-hydroxylation sites is 1. The second kappa shape index (κ2) is 8.10. The lowest BCUT2D eigenvalue weighted by atomic mass is 10.1. The van der Waals surface area contributed by atoms with Gasteiger partial charge in [0.05, 0.1) is 17.9 Å². The largest absolute Gasteiger partial charge is 0.462 e. The predicted octanol–water partition coefficient (Wildman–Crippen LogP) is 3.90. The zero-order chi connectivity index (χ0) is 19.6. The molecule has 2 amide bonds. The van der Waals surface area contributed by atoms with Crippen LogP contribution in [-0.2, 0) is 14.3 Å². The summed E-state index contributed by atoms with van der Waals surface area (Å²) < 4.78 is 6.03. The van der Waals surface area contributed by atoms with E-state index in [-0.39, 0.29) is 28.6 Å². The first-order chi connectivity index (χ1) is 12.9. The summed E-state index contributed by atoms with van der Waals surface area (Å²) in [5, 5.41) is 2.65. The maximum absolute atomic E-state index is 12.9. The number of anilines is 2. The monoisotopic (exact) mass is 496 g/mol. The average molecular weight is 497 g/mol. The van der Waals surface area contributed by atoms with E-state index in [1.54, 1.807) is 31.2 Å².